The first kappa shape index (κ1) is 15.1. The van der Waals surface area contributed by atoms with E-state index in [2.05, 4.69) is 0 Å². The molecule has 0 saturated heterocycles. The largest absolute Gasteiger partial charge is 0.482 e. The molecular formula is C12H15F3N2O2. The van der Waals surface area contributed by atoms with E-state index in [4.69, 9.17) is 10.5 Å². The number of benzene rings is 1. The van der Waals surface area contributed by atoms with Gasteiger partial charge in [-0.25, -0.2) is 13.2 Å². The van der Waals surface area contributed by atoms with Gasteiger partial charge in [0, 0.05) is 30.9 Å². The number of carbonyl (C=O) groups excluding carboxylic acids is 1. The van der Waals surface area contributed by atoms with Crippen LogP contribution in [0, 0.1) is 5.82 Å². The van der Waals surface area contributed by atoms with Crippen molar-refractivity contribution in [2.45, 2.75) is 12.6 Å². The zero-order valence-electron chi connectivity index (χ0n) is 10.4. The van der Waals surface area contributed by atoms with E-state index >= 15 is 0 Å². The lowest BCUT2D eigenvalue weighted by molar-refractivity contribution is -0.117. The topological polar surface area (TPSA) is 55.6 Å². The van der Waals surface area contributed by atoms with Crippen LogP contribution in [0.3, 0.4) is 0 Å². The van der Waals surface area contributed by atoms with Crippen LogP contribution in [-0.4, -0.2) is 37.8 Å². The van der Waals surface area contributed by atoms with Gasteiger partial charge in [-0.3, -0.25) is 4.79 Å². The van der Waals surface area contributed by atoms with Crippen LogP contribution in [0.4, 0.5) is 18.9 Å². The Morgan fingerprint density at radius 1 is 1.42 bits per heavy atom. The zero-order valence-corrected chi connectivity index (χ0v) is 10.4. The van der Waals surface area contributed by atoms with Crippen LogP contribution in [0.5, 0.6) is 5.75 Å². The lowest BCUT2D eigenvalue weighted by atomic mass is 10.1. The van der Waals surface area contributed by atoms with Gasteiger partial charge in [0.05, 0.1) is 0 Å². The van der Waals surface area contributed by atoms with E-state index < -0.39 is 25.3 Å². The summed E-state index contributed by atoms with van der Waals surface area (Å²) in [6, 6.07) is 2.39. The van der Waals surface area contributed by atoms with Crippen molar-refractivity contribution < 1.29 is 22.7 Å². The predicted octanol–water partition coefficient (Wildman–Crippen LogP) is 1.68. The molecule has 0 unspecified atom stereocenters. The third kappa shape index (κ3) is 4.04. The Morgan fingerprint density at radius 2 is 2.05 bits per heavy atom. The number of rotatable bonds is 7. The average Bonchev–Trinajstić information content (AvgIpc) is 2.38. The number of hydrogen-bond donors (Lipinski definition) is 1. The first-order valence-corrected chi connectivity index (χ1v) is 5.53. The minimum Gasteiger partial charge on any atom is -0.482 e. The summed E-state index contributed by atoms with van der Waals surface area (Å²) in [7, 11) is 1.47. The van der Waals surface area contributed by atoms with E-state index in [1.54, 1.807) is 0 Å². The smallest absolute Gasteiger partial charge is 0.209 e. The van der Waals surface area contributed by atoms with Gasteiger partial charge in [0.2, 0.25) is 6.41 Å². The lowest BCUT2D eigenvalue weighted by Gasteiger charge is -2.19. The molecule has 7 heteroatoms. The highest BCUT2D eigenvalue weighted by atomic mass is 19.1. The number of hydrogen-bond acceptors (Lipinski definition) is 3. The van der Waals surface area contributed by atoms with E-state index in [1.807, 2.05) is 0 Å². The van der Waals surface area contributed by atoms with E-state index in [9.17, 15) is 18.0 Å². The maximum atomic E-state index is 13.7. The summed E-state index contributed by atoms with van der Waals surface area (Å²) in [6.07, 6.45) is -0.842. The number of nitrogen functional groups attached to an aromatic ring is 1. The highest BCUT2D eigenvalue weighted by Crippen LogP contribution is 2.28. The Bertz CT molecular complexity index is 439. The Morgan fingerprint density at radius 3 is 2.58 bits per heavy atom. The van der Waals surface area contributed by atoms with Gasteiger partial charge in [-0.15, -0.1) is 0 Å². The molecule has 1 aromatic carbocycles. The van der Waals surface area contributed by atoms with Crippen LogP contribution in [0.15, 0.2) is 12.1 Å². The van der Waals surface area contributed by atoms with Crippen molar-refractivity contribution in [3.8, 4) is 5.75 Å². The molecule has 0 spiro atoms. The van der Waals surface area contributed by atoms with E-state index in [1.165, 1.54) is 18.0 Å². The van der Waals surface area contributed by atoms with Crippen LogP contribution >= 0.6 is 0 Å². The Labute approximate surface area is 108 Å². The number of ether oxygens (including phenoxy) is 1. The maximum absolute atomic E-state index is 13.7. The van der Waals surface area contributed by atoms with Gasteiger partial charge in [0.25, 0.3) is 0 Å². The van der Waals surface area contributed by atoms with Gasteiger partial charge in [-0.2, -0.15) is 0 Å². The van der Waals surface area contributed by atoms with Crippen LogP contribution in [-0.2, 0) is 11.3 Å². The summed E-state index contributed by atoms with van der Waals surface area (Å²) in [5, 5.41) is 0. The molecule has 2 N–H and O–H groups in total. The molecule has 1 rings (SSSR count). The van der Waals surface area contributed by atoms with Gasteiger partial charge in [0.1, 0.15) is 13.3 Å². The summed E-state index contributed by atoms with van der Waals surface area (Å²) < 4.78 is 43.6. The fraction of sp³-hybridized carbons (Fsp3) is 0.417. The molecule has 0 radical (unpaired) electrons. The molecule has 0 atom stereocenters. The lowest BCUT2D eigenvalue weighted by Crippen LogP contribution is -2.24. The Balaban J connectivity index is 3.08. The van der Waals surface area contributed by atoms with Crippen molar-refractivity contribution in [1.29, 1.82) is 0 Å². The molecule has 0 aliphatic carbocycles. The van der Waals surface area contributed by atoms with Crippen molar-refractivity contribution in [1.82, 2.24) is 4.90 Å². The van der Waals surface area contributed by atoms with Crippen LogP contribution < -0.4 is 10.5 Å². The van der Waals surface area contributed by atoms with Gasteiger partial charge in [0.15, 0.2) is 17.7 Å². The van der Waals surface area contributed by atoms with Crippen molar-refractivity contribution in [3.63, 3.8) is 0 Å². The molecule has 0 fully saturated rings. The molecule has 1 aromatic rings. The van der Waals surface area contributed by atoms with Gasteiger partial charge in [-0.1, -0.05) is 0 Å². The number of nitrogens with zero attached hydrogens (tertiary/aromatic N) is 1. The van der Waals surface area contributed by atoms with Crippen molar-refractivity contribution in [2.75, 3.05) is 26.1 Å². The minimum atomic E-state index is -1.38. The normalized spacial score (nSPS) is 10.6. The third-order valence-electron chi connectivity index (χ3n) is 2.37. The average molecular weight is 276 g/mol. The second kappa shape index (κ2) is 6.86. The monoisotopic (exact) mass is 276 g/mol. The fourth-order valence-electron chi connectivity index (χ4n) is 1.50. The summed E-state index contributed by atoms with van der Waals surface area (Å²) in [6.45, 7) is -2.14. The summed E-state index contributed by atoms with van der Waals surface area (Å²) in [4.78, 5) is 11.8. The second-order valence-corrected chi connectivity index (χ2v) is 4.06. The minimum absolute atomic E-state index is 0.0199. The number of anilines is 1. The molecule has 0 aromatic heterocycles. The fourth-order valence-corrected chi connectivity index (χ4v) is 1.50. The first-order chi connectivity index (χ1) is 9.01. The number of alkyl halides is 2. The predicted molar refractivity (Wildman–Crippen MR) is 64.7 cm³/mol. The summed E-state index contributed by atoms with van der Waals surface area (Å²) in [5.74, 6) is -1.11. The number of halogens is 3. The van der Waals surface area contributed by atoms with Crippen molar-refractivity contribution in [3.05, 3.63) is 23.5 Å². The van der Waals surface area contributed by atoms with E-state index in [0.717, 1.165) is 6.07 Å². The standard InChI is InChI=1S/C12H15F3N2O2/c1-17(7-18)6-8-2-9(16)3-11(15)12(8)19-10(4-13)5-14/h2-3,7,10H,4-6,16H2,1H3. The van der Waals surface area contributed by atoms with Crippen molar-refractivity contribution in [2.24, 2.45) is 0 Å². The van der Waals surface area contributed by atoms with Crippen molar-refractivity contribution >= 4 is 12.1 Å². The number of nitrogens with two attached hydrogens (primary N) is 1. The number of amides is 1. The molecule has 0 aliphatic rings. The third-order valence-corrected chi connectivity index (χ3v) is 2.37. The SMILES string of the molecule is CN(C=O)Cc1cc(N)cc(F)c1OC(CF)CF. The highest BCUT2D eigenvalue weighted by Gasteiger charge is 2.18. The van der Waals surface area contributed by atoms with Gasteiger partial charge >= 0.3 is 0 Å². The molecular weight excluding hydrogens is 261 g/mol. The second-order valence-electron chi connectivity index (χ2n) is 4.06. The maximum Gasteiger partial charge on any atom is 0.209 e. The molecule has 19 heavy (non-hydrogen) atoms. The van der Waals surface area contributed by atoms with Gasteiger partial charge < -0.3 is 15.4 Å². The van der Waals surface area contributed by atoms with Crippen LogP contribution in [0.25, 0.3) is 0 Å². The molecule has 0 bridgehead atoms. The molecule has 0 heterocycles. The highest BCUT2D eigenvalue weighted by molar-refractivity contribution is 5.52. The molecule has 0 saturated carbocycles. The Hall–Kier alpha value is -1.92. The molecule has 1 amide bonds. The summed E-state index contributed by atoms with van der Waals surface area (Å²) in [5.41, 5.74) is 5.88. The Kier molecular flexibility index (Phi) is 5.47. The molecule has 0 aliphatic heterocycles. The quantitative estimate of drug-likeness (QED) is 0.609. The van der Waals surface area contributed by atoms with E-state index in [-0.39, 0.29) is 23.5 Å². The number of carbonyl (C=O) groups is 1. The zero-order chi connectivity index (χ0) is 14.4. The molecule has 4 nitrogen and oxygen atoms in total. The van der Waals surface area contributed by atoms with E-state index in [0.29, 0.717) is 6.41 Å². The van der Waals surface area contributed by atoms with Crippen LogP contribution in [0.2, 0.25) is 0 Å². The first-order valence-electron chi connectivity index (χ1n) is 5.53. The van der Waals surface area contributed by atoms with Crippen LogP contribution in [0.1, 0.15) is 5.56 Å². The molecule has 106 valence electrons. The van der Waals surface area contributed by atoms with Gasteiger partial charge in [-0.05, 0) is 6.07 Å². The summed E-state index contributed by atoms with van der Waals surface area (Å²) >= 11 is 0.